The van der Waals surface area contributed by atoms with Gasteiger partial charge in [-0.3, -0.25) is 4.79 Å². The van der Waals surface area contributed by atoms with E-state index in [2.05, 4.69) is 26.0 Å². The highest BCUT2D eigenvalue weighted by molar-refractivity contribution is 5.77. The number of nitrogens with zero attached hydrogens (tertiary/aromatic N) is 1. The lowest BCUT2D eigenvalue weighted by Gasteiger charge is -2.37. The highest BCUT2D eigenvalue weighted by atomic mass is 16.5. The normalized spacial score (nSPS) is 25.1. The maximum Gasteiger partial charge on any atom is 0.223 e. The lowest BCUT2D eigenvalue weighted by atomic mass is 9.97. The molecule has 3 unspecified atom stereocenters. The summed E-state index contributed by atoms with van der Waals surface area (Å²) in [6.45, 7) is 7.54. The highest BCUT2D eigenvalue weighted by Gasteiger charge is 2.28. The summed E-state index contributed by atoms with van der Waals surface area (Å²) < 4.78 is 5.57. The van der Waals surface area contributed by atoms with Crippen molar-refractivity contribution in [2.45, 2.75) is 45.3 Å². The lowest BCUT2D eigenvalue weighted by molar-refractivity contribution is -0.143. The standard InChI is InChI=1S/C16H23NO2/c1-12(15-7-5-4-6-8-15)9-16(18)17-10-14(3)19-11-13(17)2/h4-8,12-14H,9-11H2,1-3H3. The minimum absolute atomic E-state index is 0.146. The van der Waals surface area contributed by atoms with Gasteiger partial charge in [-0.25, -0.2) is 0 Å². The summed E-state index contributed by atoms with van der Waals surface area (Å²) in [4.78, 5) is 14.4. The number of carbonyl (C=O) groups is 1. The van der Waals surface area contributed by atoms with Crippen LogP contribution in [0.3, 0.4) is 0 Å². The molecule has 1 aromatic carbocycles. The molecule has 3 atom stereocenters. The first-order chi connectivity index (χ1) is 9.08. The molecular weight excluding hydrogens is 238 g/mol. The summed E-state index contributed by atoms with van der Waals surface area (Å²) in [5.41, 5.74) is 1.23. The first-order valence-electron chi connectivity index (χ1n) is 7.04. The van der Waals surface area contributed by atoms with Crippen molar-refractivity contribution in [3.8, 4) is 0 Å². The van der Waals surface area contributed by atoms with Crippen molar-refractivity contribution in [3.05, 3.63) is 35.9 Å². The summed E-state index contributed by atoms with van der Waals surface area (Å²) in [5.74, 6) is 0.498. The van der Waals surface area contributed by atoms with E-state index in [-0.39, 0.29) is 24.0 Å². The summed E-state index contributed by atoms with van der Waals surface area (Å²) in [7, 11) is 0. The Morgan fingerprint density at radius 3 is 2.74 bits per heavy atom. The third-order valence-electron chi connectivity index (χ3n) is 3.78. The monoisotopic (exact) mass is 261 g/mol. The molecule has 0 spiro atoms. The lowest BCUT2D eigenvalue weighted by Crippen LogP contribution is -2.50. The zero-order valence-electron chi connectivity index (χ0n) is 12.0. The average molecular weight is 261 g/mol. The molecule has 0 saturated carbocycles. The molecule has 19 heavy (non-hydrogen) atoms. The summed E-state index contributed by atoms with van der Waals surface area (Å²) >= 11 is 0. The summed E-state index contributed by atoms with van der Waals surface area (Å²) in [6, 6.07) is 10.4. The van der Waals surface area contributed by atoms with Gasteiger partial charge in [-0.2, -0.15) is 0 Å². The minimum atomic E-state index is 0.146. The van der Waals surface area contributed by atoms with Gasteiger partial charge in [-0.15, -0.1) is 0 Å². The van der Waals surface area contributed by atoms with E-state index in [9.17, 15) is 4.79 Å². The fraction of sp³-hybridized carbons (Fsp3) is 0.562. The van der Waals surface area contributed by atoms with Crippen molar-refractivity contribution in [3.63, 3.8) is 0 Å². The van der Waals surface area contributed by atoms with Crippen molar-refractivity contribution in [1.82, 2.24) is 4.90 Å². The fourth-order valence-corrected chi connectivity index (χ4v) is 2.53. The van der Waals surface area contributed by atoms with Crippen LogP contribution in [-0.4, -0.2) is 36.1 Å². The average Bonchev–Trinajstić information content (AvgIpc) is 2.42. The molecule has 1 fully saturated rings. The number of morpholine rings is 1. The Kier molecular flexibility index (Phi) is 4.59. The molecule has 2 rings (SSSR count). The number of hydrogen-bond donors (Lipinski definition) is 0. The second-order valence-corrected chi connectivity index (χ2v) is 5.55. The first kappa shape index (κ1) is 14.1. The van der Waals surface area contributed by atoms with Gasteiger partial charge in [-0.1, -0.05) is 37.3 Å². The molecular formula is C16H23NO2. The van der Waals surface area contributed by atoms with Crippen molar-refractivity contribution < 1.29 is 9.53 Å². The molecule has 3 heteroatoms. The van der Waals surface area contributed by atoms with Crippen LogP contribution in [0.15, 0.2) is 30.3 Å². The molecule has 1 aromatic rings. The van der Waals surface area contributed by atoms with E-state index in [0.717, 1.165) is 0 Å². The molecule has 1 saturated heterocycles. The van der Waals surface area contributed by atoms with E-state index < -0.39 is 0 Å². The van der Waals surface area contributed by atoms with Gasteiger partial charge in [0.05, 0.1) is 18.8 Å². The topological polar surface area (TPSA) is 29.5 Å². The Balaban J connectivity index is 1.96. The van der Waals surface area contributed by atoms with Gasteiger partial charge >= 0.3 is 0 Å². The Bertz CT molecular complexity index is 418. The molecule has 1 aliphatic rings. The predicted molar refractivity (Wildman–Crippen MR) is 76.1 cm³/mol. The van der Waals surface area contributed by atoms with E-state index in [1.807, 2.05) is 30.0 Å². The van der Waals surface area contributed by atoms with Gasteiger partial charge in [0, 0.05) is 13.0 Å². The van der Waals surface area contributed by atoms with Crippen LogP contribution in [0.2, 0.25) is 0 Å². The van der Waals surface area contributed by atoms with Crippen LogP contribution in [0.1, 0.15) is 38.7 Å². The largest absolute Gasteiger partial charge is 0.375 e. The molecule has 1 heterocycles. The molecule has 0 N–H and O–H groups in total. The number of ether oxygens (including phenoxy) is 1. The van der Waals surface area contributed by atoms with Gasteiger partial charge in [0.15, 0.2) is 0 Å². The smallest absolute Gasteiger partial charge is 0.223 e. The van der Waals surface area contributed by atoms with Gasteiger partial charge in [0.2, 0.25) is 5.91 Å². The number of hydrogen-bond acceptors (Lipinski definition) is 2. The maximum atomic E-state index is 12.4. The number of rotatable bonds is 3. The van der Waals surface area contributed by atoms with E-state index in [0.29, 0.717) is 19.6 Å². The van der Waals surface area contributed by atoms with Gasteiger partial charge < -0.3 is 9.64 Å². The molecule has 1 amide bonds. The van der Waals surface area contributed by atoms with Crippen LogP contribution in [0.25, 0.3) is 0 Å². The number of benzene rings is 1. The van der Waals surface area contributed by atoms with Crippen molar-refractivity contribution in [2.75, 3.05) is 13.2 Å². The Morgan fingerprint density at radius 1 is 1.37 bits per heavy atom. The predicted octanol–water partition coefficient (Wildman–Crippen LogP) is 2.82. The van der Waals surface area contributed by atoms with E-state index in [1.165, 1.54) is 5.56 Å². The Morgan fingerprint density at radius 2 is 2.05 bits per heavy atom. The van der Waals surface area contributed by atoms with Gasteiger partial charge in [0.25, 0.3) is 0 Å². The highest BCUT2D eigenvalue weighted by Crippen LogP contribution is 2.21. The van der Waals surface area contributed by atoms with Crippen LogP contribution >= 0.6 is 0 Å². The second kappa shape index (κ2) is 6.20. The Hall–Kier alpha value is -1.35. The van der Waals surface area contributed by atoms with Gasteiger partial charge in [0.1, 0.15) is 0 Å². The molecule has 3 nitrogen and oxygen atoms in total. The third-order valence-corrected chi connectivity index (χ3v) is 3.78. The first-order valence-corrected chi connectivity index (χ1v) is 7.04. The maximum absolute atomic E-state index is 12.4. The minimum Gasteiger partial charge on any atom is -0.375 e. The Labute approximate surface area is 115 Å². The van der Waals surface area contributed by atoms with Crippen LogP contribution in [0, 0.1) is 0 Å². The van der Waals surface area contributed by atoms with Gasteiger partial charge in [-0.05, 0) is 25.3 Å². The van der Waals surface area contributed by atoms with Crippen LogP contribution < -0.4 is 0 Å². The zero-order chi connectivity index (χ0) is 13.8. The number of amides is 1. The van der Waals surface area contributed by atoms with E-state index in [1.54, 1.807) is 0 Å². The fourth-order valence-electron chi connectivity index (χ4n) is 2.53. The number of carbonyl (C=O) groups excluding carboxylic acids is 1. The summed E-state index contributed by atoms with van der Waals surface area (Å²) in [5, 5.41) is 0. The second-order valence-electron chi connectivity index (χ2n) is 5.55. The molecule has 0 bridgehead atoms. The van der Waals surface area contributed by atoms with Crippen molar-refractivity contribution in [2.24, 2.45) is 0 Å². The third kappa shape index (κ3) is 3.57. The van der Waals surface area contributed by atoms with Crippen molar-refractivity contribution in [1.29, 1.82) is 0 Å². The molecule has 104 valence electrons. The SMILES string of the molecule is CC1CN(C(=O)CC(C)c2ccccc2)C(C)CO1. The molecule has 1 aliphatic heterocycles. The van der Waals surface area contributed by atoms with E-state index >= 15 is 0 Å². The van der Waals surface area contributed by atoms with Crippen LogP contribution in [0.5, 0.6) is 0 Å². The van der Waals surface area contributed by atoms with Crippen molar-refractivity contribution >= 4 is 5.91 Å². The quantitative estimate of drug-likeness (QED) is 0.837. The van der Waals surface area contributed by atoms with Crippen LogP contribution in [-0.2, 0) is 9.53 Å². The summed E-state index contributed by atoms with van der Waals surface area (Å²) in [6.07, 6.45) is 0.716. The zero-order valence-corrected chi connectivity index (χ0v) is 12.0. The molecule has 0 aliphatic carbocycles. The van der Waals surface area contributed by atoms with Crippen LogP contribution in [0.4, 0.5) is 0 Å². The molecule has 0 aromatic heterocycles. The molecule has 0 radical (unpaired) electrons. The van der Waals surface area contributed by atoms with E-state index in [4.69, 9.17) is 4.74 Å².